The van der Waals surface area contributed by atoms with Crippen molar-refractivity contribution in [2.45, 2.75) is 0 Å². The topological polar surface area (TPSA) is 3.88 Å². The monoisotopic (exact) mass is 280 g/mol. The molecule has 0 N–H and O–H groups in total. The third kappa shape index (κ3) is 2.59. The molecule has 0 bridgehead atoms. The van der Waals surface area contributed by atoms with Gasteiger partial charge in [-0.15, -0.1) is 0 Å². The van der Waals surface area contributed by atoms with Crippen LogP contribution in [0.25, 0.3) is 23.1 Å². The van der Waals surface area contributed by atoms with Gasteiger partial charge in [0.05, 0.1) is 5.39 Å². The largest absolute Gasteiger partial charge is 0.212 e. The van der Waals surface area contributed by atoms with Gasteiger partial charge in [0.15, 0.2) is 6.20 Å². The summed E-state index contributed by atoms with van der Waals surface area (Å²) in [6, 6.07) is 18.4. The average Bonchev–Trinajstić information content (AvgIpc) is 2.49. The highest BCUT2D eigenvalue weighted by atomic mass is 35.5. The van der Waals surface area contributed by atoms with Gasteiger partial charge < -0.3 is 0 Å². The summed E-state index contributed by atoms with van der Waals surface area (Å²) in [4.78, 5) is 0. The lowest BCUT2D eigenvalue weighted by Crippen LogP contribution is -2.28. The normalized spacial score (nSPS) is 11.3. The standard InChI is InChI=1S/C18H15ClN/c1-20-13-12-15(17-4-2-3-5-18(17)20)9-6-14-7-10-16(19)11-8-14/h2-13H,1H3/q+1/b9-6+. The number of aromatic nitrogens is 1. The number of halogens is 1. The Hall–Kier alpha value is -2.12. The van der Waals surface area contributed by atoms with E-state index in [2.05, 4.69) is 60.3 Å². The second kappa shape index (κ2) is 5.48. The Kier molecular flexibility index (Phi) is 3.53. The molecule has 3 rings (SSSR count). The summed E-state index contributed by atoms with van der Waals surface area (Å²) in [5.74, 6) is 0. The van der Waals surface area contributed by atoms with Crippen LogP contribution in [0.15, 0.2) is 60.8 Å². The molecule has 3 aromatic rings. The molecule has 0 amide bonds. The first kappa shape index (κ1) is 12.9. The van der Waals surface area contributed by atoms with Crippen LogP contribution in [-0.4, -0.2) is 0 Å². The zero-order valence-corrected chi connectivity index (χ0v) is 12.0. The molecule has 0 fully saturated rings. The molecule has 0 aliphatic heterocycles. The number of hydrogen-bond donors (Lipinski definition) is 0. The predicted octanol–water partition coefficient (Wildman–Crippen LogP) is 4.49. The van der Waals surface area contributed by atoms with Crippen molar-refractivity contribution < 1.29 is 4.57 Å². The summed E-state index contributed by atoms with van der Waals surface area (Å²) >= 11 is 5.90. The Morgan fingerprint density at radius 1 is 0.900 bits per heavy atom. The number of hydrogen-bond acceptors (Lipinski definition) is 0. The summed E-state index contributed by atoms with van der Waals surface area (Å²) < 4.78 is 2.13. The molecule has 1 aromatic heterocycles. The van der Waals surface area contributed by atoms with Gasteiger partial charge in [0.25, 0.3) is 0 Å². The van der Waals surface area contributed by atoms with E-state index in [-0.39, 0.29) is 0 Å². The van der Waals surface area contributed by atoms with Gasteiger partial charge in [-0.1, -0.05) is 48.0 Å². The molecule has 1 nitrogen and oxygen atoms in total. The fourth-order valence-corrected chi connectivity index (χ4v) is 2.42. The third-order valence-corrected chi connectivity index (χ3v) is 3.65. The molecule has 0 radical (unpaired) electrons. The van der Waals surface area contributed by atoms with Crippen LogP contribution >= 0.6 is 11.6 Å². The van der Waals surface area contributed by atoms with Crippen molar-refractivity contribution >= 4 is 34.7 Å². The van der Waals surface area contributed by atoms with E-state index in [0.29, 0.717) is 0 Å². The molecule has 0 saturated heterocycles. The fourth-order valence-electron chi connectivity index (χ4n) is 2.29. The molecule has 1 heterocycles. The molecule has 0 aliphatic rings. The zero-order chi connectivity index (χ0) is 13.9. The first-order valence-electron chi connectivity index (χ1n) is 6.55. The van der Waals surface area contributed by atoms with Gasteiger partial charge in [-0.05, 0) is 29.3 Å². The zero-order valence-electron chi connectivity index (χ0n) is 11.3. The van der Waals surface area contributed by atoms with E-state index in [1.54, 1.807) is 0 Å². The molecule has 0 spiro atoms. The minimum Gasteiger partial charge on any atom is -0.201 e. The van der Waals surface area contributed by atoms with Crippen LogP contribution in [0.5, 0.6) is 0 Å². The van der Waals surface area contributed by atoms with E-state index in [9.17, 15) is 0 Å². The van der Waals surface area contributed by atoms with Gasteiger partial charge >= 0.3 is 0 Å². The number of fused-ring (bicyclic) bond motifs is 1. The van der Waals surface area contributed by atoms with Gasteiger partial charge in [0.2, 0.25) is 5.52 Å². The number of nitrogens with zero attached hydrogens (tertiary/aromatic N) is 1. The Labute approximate surface area is 123 Å². The Bertz CT molecular complexity index is 773. The smallest absolute Gasteiger partial charge is 0.201 e. The minimum atomic E-state index is 0.763. The molecule has 0 unspecified atom stereocenters. The number of para-hydroxylation sites is 1. The van der Waals surface area contributed by atoms with E-state index in [1.165, 1.54) is 16.5 Å². The van der Waals surface area contributed by atoms with Crippen molar-refractivity contribution in [3.63, 3.8) is 0 Å². The average molecular weight is 281 g/mol. The Balaban J connectivity index is 2.03. The van der Waals surface area contributed by atoms with Crippen LogP contribution in [0, 0.1) is 0 Å². The number of rotatable bonds is 2. The summed E-state index contributed by atoms with van der Waals surface area (Å²) in [7, 11) is 2.06. The van der Waals surface area contributed by atoms with E-state index < -0.39 is 0 Å². The van der Waals surface area contributed by atoms with Crippen molar-refractivity contribution in [2.24, 2.45) is 7.05 Å². The van der Waals surface area contributed by atoms with Gasteiger partial charge in [-0.2, -0.15) is 0 Å². The van der Waals surface area contributed by atoms with Crippen molar-refractivity contribution in [3.8, 4) is 0 Å². The highest BCUT2D eigenvalue weighted by Crippen LogP contribution is 2.18. The predicted molar refractivity (Wildman–Crippen MR) is 85.5 cm³/mol. The lowest BCUT2D eigenvalue weighted by Gasteiger charge is -2.00. The maximum atomic E-state index is 5.90. The summed E-state index contributed by atoms with van der Waals surface area (Å²) in [6.07, 6.45) is 6.34. The van der Waals surface area contributed by atoms with E-state index in [1.807, 2.05) is 24.3 Å². The van der Waals surface area contributed by atoms with Gasteiger partial charge in [-0.3, -0.25) is 0 Å². The summed E-state index contributed by atoms with van der Waals surface area (Å²) in [5.41, 5.74) is 3.59. The maximum Gasteiger partial charge on any atom is 0.212 e. The summed E-state index contributed by atoms with van der Waals surface area (Å²) in [5, 5.41) is 2.02. The van der Waals surface area contributed by atoms with E-state index in [4.69, 9.17) is 11.6 Å². The molecule has 98 valence electrons. The van der Waals surface area contributed by atoms with Crippen LogP contribution in [0.3, 0.4) is 0 Å². The molecule has 0 aliphatic carbocycles. The number of pyridine rings is 1. The van der Waals surface area contributed by atoms with E-state index in [0.717, 1.165) is 10.6 Å². The van der Waals surface area contributed by atoms with Crippen molar-refractivity contribution in [1.82, 2.24) is 0 Å². The molecule has 2 aromatic carbocycles. The van der Waals surface area contributed by atoms with Crippen LogP contribution in [-0.2, 0) is 7.05 Å². The second-order valence-corrected chi connectivity index (χ2v) is 5.22. The molecule has 0 saturated carbocycles. The first-order chi connectivity index (χ1) is 9.74. The van der Waals surface area contributed by atoms with Crippen LogP contribution in [0.1, 0.15) is 11.1 Å². The van der Waals surface area contributed by atoms with Gasteiger partial charge in [0.1, 0.15) is 7.05 Å². The van der Waals surface area contributed by atoms with Gasteiger partial charge in [-0.25, -0.2) is 4.57 Å². The van der Waals surface area contributed by atoms with Crippen LogP contribution < -0.4 is 4.57 Å². The van der Waals surface area contributed by atoms with E-state index >= 15 is 0 Å². The molecule has 20 heavy (non-hydrogen) atoms. The maximum absolute atomic E-state index is 5.90. The number of aryl methyl sites for hydroxylation is 1. The Morgan fingerprint density at radius 3 is 2.45 bits per heavy atom. The quantitative estimate of drug-likeness (QED) is 0.609. The minimum absolute atomic E-state index is 0.763. The number of benzene rings is 2. The van der Waals surface area contributed by atoms with Gasteiger partial charge in [0, 0.05) is 17.2 Å². The summed E-state index contributed by atoms with van der Waals surface area (Å²) in [6.45, 7) is 0. The lowest BCUT2D eigenvalue weighted by molar-refractivity contribution is -0.644. The SMILES string of the molecule is C[n+]1ccc(/C=C/c2ccc(Cl)cc2)c2ccccc21. The molecular weight excluding hydrogens is 266 g/mol. The molecule has 2 heteroatoms. The van der Waals surface area contributed by atoms with Crippen LogP contribution in [0.4, 0.5) is 0 Å². The highest BCUT2D eigenvalue weighted by Gasteiger charge is 2.06. The third-order valence-electron chi connectivity index (χ3n) is 3.40. The van der Waals surface area contributed by atoms with Crippen molar-refractivity contribution in [3.05, 3.63) is 76.9 Å². The molecular formula is C18H15ClN+. The first-order valence-corrected chi connectivity index (χ1v) is 6.93. The Morgan fingerprint density at radius 2 is 1.65 bits per heavy atom. The highest BCUT2D eigenvalue weighted by molar-refractivity contribution is 6.30. The van der Waals surface area contributed by atoms with Crippen molar-refractivity contribution in [2.75, 3.05) is 0 Å². The fraction of sp³-hybridized carbons (Fsp3) is 0.0556. The van der Waals surface area contributed by atoms with Crippen LogP contribution in [0.2, 0.25) is 5.02 Å². The van der Waals surface area contributed by atoms with Crippen molar-refractivity contribution in [1.29, 1.82) is 0 Å². The molecule has 0 atom stereocenters. The lowest BCUT2D eigenvalue weighted by atomic mass is 10.1. The second-order valence-electron chi connectivity index (χ2n) is 4.78.